The molecule has 86 valence electrons. The number of anilines is 1. The quantitative estimate of drug-likeness (QED) is 0.856. The van der Waals surface area contributed by atoms with Crippen LogP contribution in [-0.4, -0.2) is 14.3 Å². The van der Waals surface area contributed by atoms with Gasteiger partial charge in [0.05, 0.1) is 6.54 Å². The number of nitrogens with one attached hydrogen (secondary N) is 2. The first kappa shape index (κ1) is 11.3. The molecule has 0 spiro atoms. The molecular formula is C9H12N4OS2. The minimum atomic E-state index is -0.0271. The van der Waals surface area contributed by atoms with Crippen molar-refractivity contribution >= 4 is 28.0 Å². The number of hydrogen-bond acceptors (Lipinski definition) is 6. The third-order valence-electron chi connectivity index (χ3n) is 1.94. The predicted molar refractivity (Wildman–Crippen MR) is 66.2 cm³/mol. The van der Waals surface area contributed by atoms with Crippen LogP contribution in [0, 0.1) is 0 Å². The standard InChI is InChI=1S/C9H12N4OS2/c1-2-3-7-12-8(16-13-7)10-4-6-5-15-9(14)11-6/h5H,2-4H2,1H3,(H,11,14)(H,10,12,13). The van der Waals surface area contributed by atoms with Crippen LogP contribution in [0.1, 0.15) is 24.9 Å². The van der Waals surface area contributed by atoms with Gasteiger partial charge in [-0.2, -0.15) is 4.37 Å². The van der Waals surface area contributed by atoms with Gasteiger partial charge in [0.25, 0.3) is 0 Å². The highest BCUT2D eigenvalue weighted by Gasteiger charge is 2.03. The Kier molecular flexibility index (Phi) is 3.68. The van der Waals surface area contributed by atoms with Crippen LogP contribution in [0.15, 0.2) is 10.2 Å². The molecule has 0 unspecified atom stereocenters. The molecule has 16 heavy (non-hydrogen) atoms. The summed E-state index contributed by atoms with van der Waals surface area (Å²) in [5.41, 5.74) is 0.877. The highest BCUT2D eigenvalue weighted by Crippen LogP contribution is 2.13. The molecule has 2 N–H and O–H groups in total. The average molecular weight is 256 g/mol. The first-order valence-corrected chi connectivity index (χ1v) is 6.66. The fraction of sp³-hybridized carbons (Fsp3) is 0.444. The Hall–Kier alpha value is -1.21. The van der Waals surface area contributed by atoms with E-state index < -0.39 is 0 Å². The van der Waals surface area contributed by atoms with E-state index in [4.69, 9.17) is 0 Å². The molecule has 0 atom stereocenters. The first-order valence-electron chi connectivity index (χ1n) is 5.01. The summed E-state index contributed by atoms with van der Waals surface area (Å²) in [7, 11) is 0. The Bertz CT molecular complexity index is 501. The fourth-order valence-corrected chi connectivity index (χ4v) is 2.41. The lowest BCUT2D eigenvalue weighted by Gasteiger charge is -1.97. The number of rotatable bonds is 5. The van der Waals surface area contributed by atoms with Crippen molar-refractivity contribution in [3.63, 3.8) is 0 Å². The Morgan fingerprint density at radius 2 is 2.44 bits per heavy atom. The number of H-pyrrole nitrogens is 1. The van der Waals surface area contributed by atoms with Crippen molar-refractivity contribution in [2.75, 3.05) is 5.32 Å². The maximum atomic E-state index is 10.9. The van der Waals surface area contributed by atoms with Gasteiger partial charge in [-0.25, -0.2) is 4.98 Å². The molecule has 0 fully saturated rings. The monoisotopic (exact) mass is 256 g/mol. The minimum absolute atomic E-state index is 0.0271. The van der Waals surface area contributed by atoms with Gasteiger partial charge in [-0.15, -0.1) is 0 Å². The van der Waals surface area contributed by atoms with Crippen molar-refractivity contribution in [3.8, 4) is 0 Å². The van der Waals surface area contributed by atoms with E-state index in [0.29, 0.717) is 6.54 Å². The minimum Gasteiger partial charge on any atom is -0.355 e. The van der Waals surface area contributed by atoms with E-state index in [-0.39, 0.29) is 4.87 Å². The van der Waals surface area contributed by atoms with E-state index in [0.717, 1.165) is 29.5 Å². The molecule has 2 rings (SSSR count). The highest BCUT2D eigenvalue weighted by atomic mass is 32.1. The van der Waals surface area contributed by atoms with Crippen LogP contribution in [0.5, 0.6) is 0 Å². The van der Waals surface area contributed by atoms with Crippen LogP contribution in [-0.2, 0) is 13.0 Å². The Morgan fingerprint density at radius 3 is 3.12 bits per heavy atom. The third kappa shape index (κ3) is 2.89. The van der Waals surface area contributed by atoms with Crippen molar-refractivity contribution in [1.29, 1.82) is 0 Å². The Morgan fingerprint density at radius 1 is 1.56 bits per heavy atom. The SMILES string of the molecule is CCCc1nsc(NCc2csc(=O)[nH]2)n1. The van der Waals surface area contributed by atoms with Gasteiger partial charge < -0.3 is 10.3 Å². The maximum absolute atomic E-state index is 10.9. The maximum Gasteiger partial charge on any atom is 0.304 e. The molecule has 2 aromatic rings. The lowest BCUT2D eigenvalue weighted by molar-refractivity contribution is 0.860. The molecule has 0 saturated carbocycles. The van der Waals surface area contributed by atoms with Gasteiger partial charge in [-0.1, -0.05) is 18.3 Å². The number of hydrogen-bond donors (Lipinski definition) is 2. The van der Waals surface area contributed by atoms with Gasteiger partial charge in [-0.3, -0.25) is 4.79 Å². The van der Waals surface area contributed by atoms with Gasteiger partial charge in [0.15, 0.2) is 0 Å². The molecule has 2 aromatic heterocycles. The summed E-state index contributed by atoms with van der Waals surface area (Å²) < 4.78 is 4.22. The van der Waals surface area contributed by atoms with Crippen LogP contribution in [0.25, 0.3) is 0 Å². The second-order valence-corrected chi connectivity index (χ2v) is 4.89. The first-order chi connectivity index (χ1) is 7.78. The second kappa shape index (κ2) is 5.22. The molecule has 0 saturated heterocycles. The molecule has 5 nitrogen and oxygen atoms in total. The summed E-state index contributed by atoms with van der Waals surface area (Å²) in [6.45, 7) is 2.68. The molecule has 0 bridgehead atoms. The van der Waals surface area contributed by atoms with E-state index in [9.17, 15) is 4.79 Å². The number of thiazole rings is 1. The number of aryl methyl sites for hydroxylation is 1. The third-order valence-corrected chi connectivity index (χ3v) is 3.37. The molecule has 7 heteroatoms. The van der Waals surface area contributed by atoms with E-state index in [2.05, 4.69) is 26.6 Å². The number of aromatic nitrogens is 3. The van der Waals surface area contributed by atoms with Gasteiger partial charge >= 0.3 is 4.87 Å². The molecule has 0 aliphatic heterocycles. The van der Waals surface area contributed by atoms with Gasteiger partial charge in [0.1, 0.15) is 5.82 Å². The zero-order valence-corrected chi connectivity index (χ0v) is 10.5. The summed E-state index contributed by atoms with van der Waals surface area (Å²) in [6.07, 6.45) is 1.96. The fourth-order valence-electron chi connectivity index (χ4n) is 1.22. The van der Waals surface area contributed by atoms with Gasteiger partial charge in [0.2, 0.25) is 5.13 Å². The average Bonchev–Trinajstić information content (AvgIpc) is 2.85. The Labute approximate surface area is 101 Å². The topological polar surface area (TPSA) is 70.7 Å². The molecule has 2 heterocycles. The molecular weight excluding hydrogens is 244 g/mol. The lowest BCUT2D eigenvalue weighted by Crippen LogP contribution is -2.02. The van der Waals surface area contributed by atoms with Crippen LogP contribution in [0.2, 0.25) is 0 Å². The molecule has 0 aliphatic carbocycles. The molecule has 0 aromatic carbocycles. The molecule has 0 aliphatic rings. The smallest absolute Gasteiger partial charge is 0.304 e. The van der Waals surface area contributed by atoms with Gasteiger partial charge in [-0.05, 0) is 6.42 Å². The van der Waals surface area contributed by atoms with Crippen molar-refractivity contribution in [1.82, 2.24) is 14.3 Å². The summed E-state index contributed by atoms with van der Waals surface area (Å²) in [5.74, 6) is 0.883. The lowest BCUT2D eigenvalue weighted by atomic mass is 10.3. The zero-order valence-electron chi connectivity index (χ0n) is 8.82. The van der Waals surface area contributed by atoms with E-state index in [1.165, 1.54) is 22.9 Å². The van der Waals surface area contributed by atoms with Crippen molar-refractivity contribution in [2.24, 2.45) is 0 Å². The summed E-state index contributed by atoms with van der Waals surface area (Å²) in [5, 5.41) is 5.74. The largest absolute Gasteiger partial charge is 0.355 e. The summed E-state index contributed by atoms with van der Waals surface area (Å²) in [4.78, 5) is 17.9. The number of nitrogens with zero attached hydrogens (tertiary/aromatic N) is 2. The predicted octanol–water partition coefficient (Wildman–Crippen LogP) is 1.85. The van der Waals surface area contributed by atoms with Crippen molar-refractivity contribution in [2.45, 2.75) is 26.3 Å². The van der Waals surface area contributed by atoms with Crippen molar-refractivity contribution < 1.29 is 0 Å². The van der Waals surface area contributed by atoms with E-state index in [1.807, 2.05) is 5.38 Å². The zero-order chi connectivity index (χ0) is 11.4. The summed E-state index contributed by atoms with van der Waals surface area (Å²) in [6, 6.07) is 0. The normalized spacial score (nSPS) is 10.6. The molecule has 0 amide bonds. The van der Waals surface area contributed by atoms with Crippen molar-refractivity contribution in [3.05, 3.63) is 26.6 Å². The van der Waals surface area contributed by atoms with E-state index in [1.54, 1.807) is 0 Å². The molecule has 0 radical (unpaired) electrons. The van der Waals surface area contributed by atoms with E-state index >= 15 is 0 Å². The highest BCUT2D eigenvalue weighted by molar-refractivity contribution is 7.09. The van der Waals surface area contributed by atoms with Gasteiger partial charge in [0, 0.05) is 29.0 Å². The van der Waals surface area contributed by atoms with Crippen LogP contribution >= 0.6 is 22.9 Å². The second-order valence-electron chi connectivity index (χ2n) is 3.29. The van der Waals surface area contributed by atoms with Crippen LogP contribution < -0.4 is 10.2 Å². The Balaban J connectivity index is 1.91. The number of aromatic amines is 1. The van der Waals surface area contributed by atoms with Crippen LogP contribution in [0.4, 0.5) is 5.13 Å². The summed E-state index contributed by atoms with van der Waals surface area (Å²) >= 11 is 2.52. The van der Waals surface area contributed by atoms with Crippen LogP contribution in [0.3, 0.4) is 0 Å².